The lowest BCUT2D eigenvalue weighted by Gasteiger charge is -2.19. The van der Waals surface area contributed by atoms with Crippen molar-refractivity contribution in [2.75, 3.05) is 31.6 Å². The molecule has 2 aromatic heterocycles. The molecule has 1 aromatic carbocycles. The number of hydrogen-bond donors (Lipinski definition) is 4. The Morgan fingerprint density at radius 1 is 1.26 bits per heavy atom. The number of urea groups is 1. The van der Waals surface area contributed by atoms with Crippen LogP contribution in [0.25, 0.3) is 11.0 Å². The number of H-pyrrole nitrogens is 1. The number of likely N-dealkylation sites (tertiary alicyclic amines) is 1. The molecule has 1 aliphatic heterocycles. The zero-order valence-corrected chi connectivity index (χ0v) is 19.3. The van der Waals surface area contributed by atoms with Gasteiger partial charge in [0.1, 0.15) is 30.4 Å². The van der Waals surface area contributed by atoms with Crippen molar-refractivity contribution in [3.8, 4) is 17.5 Å². The van der Waals surface area contributed by atoms with Gasteiger partial charge in [0, 0.05) is 24.7 Å². The Morgan fingerprint density at radius 2 is 2.09 bits per heavy atom. The Morgan fingerprint density at radius 3 is 2.85 bits per heavy atom. The third-order valence-corrected chi connectivity index (χ3v) is 6.09. The smallest absolute Gasteiger partial charge is 0.319 e. The molecule has 2 aliphatic rings. The summed E-state index contributed by atoms with van der Waals surface area (Å²) >= 11 is 6.34. The van der Waals surface area contributed by atoms with Gasteiger partial charge < -0.3 is 35.1 Å². The maximum absolute atomic E-state index is 12.0. The second-order valence-electron chi connectivity index (χ2n) is 8.66. The largest absolute Gasteiger partial charge is 0.476 e. The van der Waals surface area contributed by atoms with E-state index in [1.165, 1.54) is 19.2 Å². The summed E-state index contributed by atoms with van der Waals surface area (Å²) in [4.78, 5) is 25.7. The van der Waals surface area contributed by atoms with Gasteiger partial charge in [-0.15, -0.1) is 0 Å². The highest BCUT2D eigenvalue weighted by molar-refractivity contribution is 6.33. The molecule has 0 unspecified atom stereocenters. The van der Waals surface area contributed by atoms with Gasteiger partial charge in [0.05, 0.1) is 16.1 Å². The predicted octanol–water partition coefficient (Wildman–Crippen LogP) is 3.52. The fraction of sp³-hybridized carbons (Fsp3) is 0.435. The number of rotatable bonds is 9. The minimum absolute atomic E-state index is 0.172. The number of fused-ring (bicyclic) bond motifs is 1. The number of amides is 2. The van der Waals surface area contributed by atoms with Crippen molar-refractivity contribution >= 4 is 34.4 Å². The molecular formula is C23H27ClN6O4. The maximum atomic E-state index is 12.0. The van der Waals surface area contributed by atoms with E-state index in [1.54, 1.807) is 24.3 Å². The summed E-state index contributed by atoms with van der Waals surface area (Å²) in [5, 5.41) is 16.8. The van der Waals surface area contributed by atoms with Gasteiger partial charge in [-0.1, -0.05) is 11.6 Å². The van der Waals surface area contributed by atoms with Crippen LogP contribution in [-0.4, -0.2) is 69.4 Å². The van der Waals surface area contributed by atoms with Crippen molar-refractivity contribution in [1.82, 2.24) is 25.2 Å². The fourth-order valence-electron chi connectivity index (χ4n) is 3.90. The van der Waals surface area contributed by atoms with Crippen LogP contribution in [0.2, 0.25) is 5.02 Å². The highest BCUT2D eigenvalue weighted by Crippen LogP contribution is 2.33. The molecule has 4 N–H and O–H groups in total. The first-order valence-corrected chi connectivity index (χ1v) is 11.8. The van der Waals surface area contributed by atoms with E-state index in [2.05, 4.69) is 30.5 Å². The lowest BCUT2D eigenvalue weighted by molar-refractivity contribution is 0.0743. The molecule has 3 aromatic rings. The number of nitrogens with one attached hydrogen (secondary N) is 3. The number of nitrogens with zero attached hydrogens (tertiary/aromatic N) is 3. The Bertz CT molecular complexity index is 1160. The molecule has 5 rings (SSSR count). The molecular weight excluding hydrogens is 460 g/mol. The molecule has 10 nitrogen and oxygen atoms in total. The number of β-amino-alcohol motifs (C(OH)–C–C–N with tert-alkyl or cyclic N) is 1. The van der Waals surface area contributed by atoms with Crippen molar-refractivity contribution in [2.45, 2.75) is 37.8 Å². The van der Waals surface area contributed by atoms with Crippen LogP contribution in [-0.2, 0) is 0 Å². The van der Waals surface area contributed by atoms with Crippen LogP contribution in [0.15, 0.2) is 30.6 Å². The third-order valence-electron chi connectivity index (χ3n) is 5.78. The van der Waals surface area contributed by atoms with E-state index in [4.69, 9.17) is 21.1 Å². The lowest BCUT2D eigenvalue weighted by atomic mass is 10.3. The number of carbonyl (C=O) groups is 1. The van der Waals surface area contributed by atoms with Crippen LogP contribution in [0.3, 0.4) is 0 Å². The summed E-state index contributed by atoms with van der Waals surface area (Å²) in [7, 11) is 0. The van der Waals surface area contributed by atoms with Gasteiger partial charge in [0.2, 0.25) is 5.88 Å². The maximum Gasteiger partial charge on any atom is 0.319 e. The Labute approximate surface area is 201 Å². The van der Waals surface area contributed by atoms with E-state index in [0.29, 0.717) is 45.8 Å². The van der Waals surface area contributed by atoms with Crippen molar-refractivity contribution in [3.05, 3.63) is 35.6 Å². The van der Waals surface area contributed by atoms with Crippen molar-refractivity contribution in [1.29, 1.82) is 0 Å². The van der Waals surface area contributed by atoms with Crippen LogP contribution in [0.5, 0.6) is 17.5 Å². The number of benzene rings is 1. The van der Waals surface area contributed by atoms with Gasteiger partial charge in [0.15, 0.2) is 5.88 Å². The van der Waals surface area contributed by atoms with Crippen LogP contribution in [0, 0.1) is 0 Å². The first-order chi connectivity index (χ1) is 16.5. The van der Waals surface area contributed by atoms with E-state index >= 15 is 0 Å². The molecule has 180 valence electrons. The predicted molar refractivity (Wildman–Crippen MR) is 128 cm³/mol. The van der Waals surface area contributed by atoms with E-state index in [0.717, 1.165) is 25.9 Å². The SMILES string of the molecule is O=C(Nc1ccc(Oc2ncnc3[nH]c(OC[C@@H](O)CN4CCCC4)cc23)cc1Cl)NC1CC1. The minimum atomic E-state index is -0.577. The first kappa shape index (κ1) is 22.7. The second-order valence-corrected chi connectivity index (χ2v) is 9.07. The van der Waals surface area contributed by atoms with E-state index < -0.39 is 6.10 Å². The number of aliphatic hydroxyl groups excluding tert-OH is 1. The molecule has 2 amide bonds. The fourth-order valence-corrected chi connectivity index (χ4v) is 4.12. The zero-order valence-electron chi connectivity index (χ0n) is 18.6. The standard InChI is InChI=1S/C23H27ClN6O4/c24-18-9-16(5-6-19(18)28-23(32)27-14-3-4-14)34-22-17-10-20(29-21(17)25-13-26-22)33-12-15(31)11-30-7-1-2-8-30/h5-6,9-10,13-15,31H,1-4,7-8,11-12H2,(H,25,26,29)(H2,27,28,32)/t15-/m0/s1. The summed E-state index contributed by atoms with van der Waals surface area (Å²) in [5.41, 5.74) is 1.04. The summed E-state index contributed by atoms with van der Waals surface area (Å²) in [6, 6.07) is 6.71. The number of hydrogen-bond acceptors (Lipinski definition) is 7. The molecule has 0 radical (unpaired) electrons. The van der Waals surface area contributed by atoms with E-state index in [9.17, 15) is 9.90 Å². The number of aromatic nitrogens is 3. The number of halogens is 1. The molecule has 1 saturated heterocycles. The molecule has 1 atom stereocenters. The van der Waals surface area contributed by atoms with Crippen LogP contribution in [0.1, 0.15) is 25.7 Å². The quantitative estimate of drug-likeness (QED) is 0.364. The molecule has 11 heteroatoms. The number of aromatic amines is 1. The Kier molecular flexibility index (Phi) is 6.70. The number of aliphatic hydroxyl groups is 1. The molecule has 0 bridgehead atoms. The summed E-state index contributed by atoms with van der Waals surface area (Å²) < 4.78 is 11.7. The lowest BCUT2D eigenvalue weighted by Crippen LogP contribution is -2.33. The topological polar surface area (TPSA) is 125 Å². The highest BCUT2D eigenvalue weighted by atomic mass is 35.5. The van der Waals surface area contributed by atoms with E-state index in [-0.39, 0.29) is 18.7 Å². The third kappa shape index (κ3) is 5.69. The second kappa shape index (κ2) is 10.0. The highest BCUT2D eigenvalue weighted by Gasteiger charge is 2.23. The first-order valence-electron chi connectivity index (χ1n) is 11.5. The normalized spacial score (nSPS) is 17.0. The molecule has 2 fully saturated rings. The van der Waals surface area contributed by atoms with Crippen LogP contribution >= 0.6 is 11.6 Å². The van der Waals surface area contributed by atoms with Crippen LogP contribution < -0.4 is 20.1 Å². The number of anilines is 1. The van der Waals surface area contributed by atoms with Gasteiger partial charge in [0.25, 0.3) is 0 Å². The summed E-state index contributed by atoms with van der Waals surface area (Å²) in [6.45, 7) is 2.82. The number of ether oxygens (including phenoxy) is 2. The molecule has 1 aliphatic carbocycles. The monoisotopic (exact) mass is 486 g/mol. The molecule has 3 heterocycles. The number of carbonyl (C=O) groups excluding carboxylic acids is 1. The summed E-state index contributed by atoms with van der Waals surface area (Å²) in [5.74, 6) is 1.26. The average molecular weight is 487 g/mol. The summed E-state index contributed by atoms with van der Waals surface area (Å²) in [6.07, 6.45) is 5.18. The van der Waals surface area contributed by atoms with Gasteiger partial charge in [-0.05, 0) is 50.9 Å². The zero-order chi connectivity index (χ0) is 23.5. The van der Waals surface area contributed by atoms with Crippen molar-refractivity contribution < 1.29 is 19.4 Å². The molecule has 34 heavy (non-hydrogen) atoms. The molecule has 1 saturated carbocycles. The molecule has 0 spiro atoms. The van der Waals surface area contributed by atoms with Crippen molar-refractivity contribution in [3.63, 3.8) is 0 Å². The van der Waals surface area contributed by atoms with Crippen molar-refractivity contribution in [2.24, 2.45) is 0 Å². The van der Waals surface area contributed by atoms with Gasteiger partial charge in [-0.3, -0.25) is 0 Å². The average Bonchev–Trinajstić information content (AvgIpc) is 3.29. The van der Waals surface area contributed by atoms with Gasteiger partial charge in [-0.2, -0.15) is 0 Å². The Hall–Kier alpha value is -3.08. The van der Waals surface area contributed by atoms with E-state index in [1.807, 2.05) is 0 Å². The van der Waals surface area contributed by atoms with Gasteiger partial charge >= 0.3 is 6.03 Å². The van der Waals surface area contributed by atoms with Gasteiger partial charge in [-0.25, -0.2) is 14.8 Å². The van der Waals surface area contributed by atoms with Crippen LogP contribution in [0.4, 0.5) is 10.5 Å². The minimum Gasteiger partial charge on any atom is -0.476 e. The Balaban J connectivity index is 1.22.